The van der Waals surface area contributed by atoms with Crippen LogP contribution in [0.1, 0.15) is 17.9 Å². The van der Waals surface area contributed by atoms with Crippen molar-refractivity contribution in [2.45, 2.75) is 23.3 Å². The van der Waals surface area contributed by atoms with Gasteiger partial charge in [0.15, 0.2) is 0 Å². The van der Waals surface area contributed by atoms with Crippen molar-refractivity contribution in [3.8, 4) is 0 Å². The van der Waals surface area contributed by atoms with Gasteiger partial charge in [-0.3, -0.25) is 10.1 Å². The van der Waals surface area contributed by atoms with Gasteiger partial charge in [-0.2, -0.15) is 0 Å². The molecule has 0 bridgehead atoms. The first-order valence-electron chi connectivity index (χ1n) is 7.08. The van der Waals surface area contributed by atoms with Crippen LogP contribution in [0.25, 0.3) is 0 Å². The molecule has 2 aromatic rings. The van der Waals surface area contributed by atoms with Gasteiger partial charge in [-0.1, -0.05) is 12.1 Å². The van der Waals surface area contributed by atoms with Crippen molar-refractivity contribution in [1.82, 2.24) is 0 Å². The number of rotatable bonds is 5. The number of benzene rings is 2. The number of nitrogens with one attached hydrogen (secondary N) is 1. The van der Waals surface area contributed by atoms with Gasteiger partial charge in [-0.15, -0.1) is 0 Å². The average molecular weight is 351 g/mol. The van der Waals surface area contributed by atoms with E-state index in [4.69, 9.17) is 5.14 Å². The minimum atomic E-state index is -4.05. The molecule has 9 heteroatoms. The highest BCUT2D eigenvalue weighted by Crippen LogP contribution is 2.43. The van der Waals surface area contributed by atoms with Crippen LogP contribution in [-0.2, 0) is 10.0 Å². The fraction of sp³-hybridized carbons (Fsp3) is 0.200. The Morgan fingerprint density at radius 3 is 2.46 bits per heavy atom. The maximum Gasteiger partial charge on any atom is 0.272 e. The monoisotopic (exact) mass is 351 g/mol. The molecule has 0 aromatic heterocycles. The zero-order valence-electron chi connectivity index (χ0n) is 12.3. The summed E-state index contributed by atoms with van der Waals surface area (Å²) in [7, 11) is -4.05. The van der Waals surface area contributed by atoms with Gasteiger partial charge in [0.25, 0.3) is 5.69 Å². The molecule has 0 spiro atoms. The van der Waals surface area contributed by atoms with Gasteiger partial charge in [0.1, 0.15) is 5.82 Å². The van der Waals surface area contributed by atoms with Crippen LogP contribution in [0.2, 0.25) is 0 Å². The minimum absolute atomic E-state index is 0.00852. The van der Waals surface area contributed by atoms with E-state index in [0.29, 0.717) is 5.69 Å². The van der Waals surface area contributed by atoms with Crippen LogP contribution in [0.3, 0.4) is 0 Å². The third-order valence-corrected chi connectivity index (χ3v) is 4.76. The molecule has 1 aliphatic rings. The number of nitro groups is 1. The van der Waals surface area contributed by atoms with Gasteiger partial charge in [-0.25, -0.2) is 17.9 Å². The number of non-ortho nitro benzene ring substituents is 1. The van der Waals surface area contributed by atoms with E-state index in [1.165, 1.54) is 24.3 Å². The first-order valence-corrected chi connectivity index (χ1v) is 8.63. The van der Waals surface area contributed by atoms with Crippen LogP contribution in [0, 0.1) is 15.9 Å². The molecule has 0 unspecified atom stereocenters. The topological polar surface area (TPSA) is 115 Å². The summed E-state index contributed by atoms with van der Waals surface area (Å²) >= 11 is 0. The third kappa shape index (κ3) is 3.52. The molecule has 126 valence electrons. The first-order chi connectivity index (χ1) is 11.2. The maximum absolute atomic E-state index is 12.9. The van der Waals surface area contributed by atoms with Gasteiger partial charge in [-0.05, 0) is 30.2 Å². The van der Waals surface area contributed by atoms with E-state index in [9.17, 15) is 22.9 Å². The Morgan fingerprint density at radius 2 is 1.88 bits per heavy atom. The van der Waals surface area contributed by atoms with Gasteiger partial charge in [0, 0.05) is 29.8 Å². The van der Waals surface area contributed by atoms with Crippen molar-refractivity contribution in [2.75, 3.05) is 5.32 Å². The summed E-state index contributed by atoms with van der Waals surface area (Å²) < 4.78 is 35.9. The highest BCUT2D eigenvalue weighted by atomic mass is 32.2. The summed E-state index contributed by atoms with van der Waals surface area (Å²) in [5.74, 6) is -0.178. The quantitative estimate of drug-likeness (QED) is 0.634. The fourth-order valence-corrected chi connectivity index (χ4v) is 3.16. The molecular weight excluding hydrogens is 337 g/mol. The minimum Gasteiger partial charge on any atom is -0.381 e. The lowest BCUT2D eigenvalue weighted by Crippen LogP contribution is -2.13. The molecule has 0 aliphatic heterocycles. The van der Waals surface area contributed by atoms with Crippen molar-refractivity contribution in [3.05, 3.63) is 64.0 Å². The van der Waals surface area contributed by atoms with Crippen molar-refractivity contribution in [3.63, 3.8) is 0 Å². The molecule has 1 saturated carbocycles. The Labute approximate surface area is 137 Å². The highest BCUT2D eigenvalue weighted by Gasteiger charge is 2.38. The number of halogens is 1. The zero-order chi connectivity index (χ0) is 17.5. The smallest absolute Gasteiger partial charge is 0.272 e. The Morgan fingerprint density at radius 1 is 1.21 bits per heavy atom. The lowest BCUT2D eigenvalue weighted by atomic mass is 10.1. The molecule has 0 radical (unpaired) electrons. The molecule has 7 nitrogen and oxygen atoms in total. The Kier molecular flexibility index (Phi) is 3.98. The predicted octanol–water partition coefficient (Wildman–Crippen LogP) is 2.35. The van der Waals surface area contributed by atoms with E-state index >= 15 is 0 Å². The number of anilines is 1. The van der Waals surface area contributed by atoms with Crippen LogP contribution < -0.4 is 10.5 Å². The molecule has 3 rings (SSSR count). The van der Waals surface area contributed by atoms with Crippen molar-refractivity contribution in [2.24, 2.45) is 5.14 Å². The summed E-state index contributed by atoms with van der Waals surface area (Å²) in [5.41, 5.74) is 0.900. The van der Waals surface area contributed by atoms with E-state index in [1.807, 2.05) is 0 Å². The second-order valence-electron chi connectivity index (χ2n) is 5.66. The standard InChI is InChI=1S/C15H14FN3O4S/c16-10-3-1-9(2-4-10)14-8-15(14)18-11-5-12(19(20)21)7-13(6-11)24(17,22)23/h1-7,14-15,18H,8H2,(H2,17,22,23)/t14-,15+/m0/s1. The third-order valence-electron chi connectivity index (χ3n) is 3.87. The van der Waals surface area contributed by atoms with E-state index in [-0.39, 0.29) is 28.4 Å². The SMILES string of the molecule is NS(=O)(=O)c1cc(N[C@@H]2C[C@H]2c2ccc(F)cc2)cc([N+](=O)[O-])c1. The Bertz CT molecular complexity index is 899. The number of primary sulfonamides is 1. The number of hydrogen-bond donors (Lipinski definition) is 2. The summed E-state index contributed by atoms with van der Waals surface area (Å²) in [4.78, 5) is 9.96. The van der Waals surface area contributed by atoms with Crippen LogP contribution in [0.5, 0.6) is 0 Å². The van der Waals surface area contributed by atoms with E-state index < -0.39 is 14.9 Å². The lowest BCUT2D eigenvalue weighted by Gasteiger charge is -2.08. The number of nitrogens with zero attached hydrogens (tertiary/aromatic N) is 1. The maximum atomic E-state index is 12.9. The number of hydrogen-bond acceptors (Lipinski definition) is 5. The molecule has 1 aliphatic carbocycles. The first kappa shape index (κ1) is 16.3. The second kappa shape index (κ2) is 5.84. The lowest BCUT2D eigenvalue weighted by molar-refractivity contribution is -0.385. The highest BCUT2D eigenvalue weighted by molar-refractivity contribution is 7.89. The van der Waals surface area contributed by atoms with E-state index in [0.717, 1.165) is 18.1 Å². The normalized spacial score (nSPS) is 19.8. The summed E-state index contributed by atoms with van der Waals surface area (Å²) in [6.45, 7) is 0. The van der Waals surface area contributed by atoms with Crippen LogP contribution >= 0.6 is 0 Å². The average Bonchev–Trinajstić information content (AvgIpc) is 3.26. The zero-order valence-corrected chi connectivity index (χ0v) is 13.2. The molecule has 3 N–H and O–H groups in total. The van der Waals surface area contributed by atoms with Gasteiger partial charge >= 0.3 is 0 Å². The molecule has 24 heavy (non-hydrogen) atoms. The molecule has 0 saturated heterocycles. The fourth-order valence-electron chi connectivity index (χ4n) is 2.58. The van der Waals surface area contributed by atoms with Crippen molar-refractivity contribution >= 4 is 21.4 Å². The van der Waals surface area contributed by atoms with Crippen molar-refractivity contribution in [1.29, 1.82) is 0 Å². The summed E-state index contributed by atoms with van der Waals surface area (Å²) in [5, 5.41) is 19.1. The number of sulfonamides is 1. The molecule has 0 heterocycles. The number of nitrogens with two attached hydrogens (primary N) is 1. The molecule has 0 amide bonds. The summed E-state index contributed by atoms with van der Waals surface area (Å²) in [6.07, 6.45) is 0.763. The van der Waals surface area contributed by atoms with Gasteiger partial charge < -0.3 is 5.32 Å². The van der Waals surface area contributed by atoms with Crippen LogP contribution in [0.4, 0.5) is 15.8 Å². The Hall–Kier alpha value is -2.52. The molecule has 1 fully saturated rings. The van der Waals surface area contributed by atoms with Crippen molar-refractivity contribution < 1.29 is 17.7 Å². The molecular formula is C15H14FN3O4S. The molecule has 2 aromatic carbocycles. The van der Waals surface area contributed by atoms with Gasteiger partial charge in [0.2, 0.25) is 10.0 Å². The van der Waals surface area contributed by atoms with Crippen LogP contribution in [0.15, 0.2) is 47.4 Å². The van der Waals surface area contributed by atoms with E-state index in [1.54, 1.807) is 12.1 Å². The Balaban J connectivity index is 1.82. The number of nitro benzene ring substituents is 1. The second-order valence-corrected chi connectivity index (χ2v) is 7.22. The largest absolute Gasteiger partial charge is 0.381 e. The van der Waals surface area contributed by atoms with E-state index in [2.05, 4.69) is 5.32 Å². The van der Waals surface area contributed by atoms with Gasteiger partial charge in [0.05, 0.1) is 9.82 Å². The summed E-state index contributed by atoms with van der Waals surface area (Å²) in [6, 6.07) is 9.55. The molecule has 2 atom stereocenters. The van der Waals surface area contributed by atoms with Crippen LogP contribution in [-0.4, -0.2) is 19.4 Å². The predicted molar refractivity (Wildman–Crippen MR) is 85.6 cm³/mol.